The van der Waals surface area contributed by atoms with Crippen molar-refractivity contribution in [2.45, 2.75) is 26.4 Å². The maximum absolute atomic E-state index is 10.7. The highest BCUT2D eigenvalue weighted by molar-refractivity contribution is 7.11. The molecule has 0 bridgehead atoms. The van der Waals surface area contributed by atoms with Crippen LogP contribution >= 0.6 is 11.3 Å². The first kappa shape index (κ1) is 13.6. The Kier molecular flexibility index (Phi) is 4.24. The van der Waals surface area contributed by atoms with E-state index in [1.165, 1.54) is 11.1 Å². The molecule has 1 atom stereocenters. The predicted molar refractivity (Wildman–Crippen MR) is 73.3 cm³/mol. The molecule has 6 heteroatoms. The minimum absolute atomic E-state index is 0.152. The molecule has 2 rings (SSSR count). The Morgan fingerprint density at radius 1 is 1.42 bits per heavy atom. The van der Waals surface area contributed by atoms with Gasteiger partial charge >= 0.3 is 5.97 Å². The first-order chi connectivity index (χ1) is 9.06. The zero-order chi connectivity index (χ0) is 13.8. The van der Waals surface area contributed by atoms with Gasteiger partial charge in [0, 0.05) is 23.8 Å². The summed E-state index contributed by atoms with van der Waals surface area (Å²) in [6.07, 6.45) is 3.23. The minimum Gasteiger partial charge on any atom is -0.478 e. The van der Waals surface area contributed by atoms with E-state index in [2.05, 4.69) is 15.3 Å². The molecule has 2 N–H and O–H groups in total. The first-order valence-corrected chi connectivity index (χ1v) is 6.72. The van der Waals surface area contributed by atoms with Gasteiger partial charge in [-0.25, -0.2) is 9.78 Å². The number of carbonyl (C=O) groups is 1. The van der Waals surface area contributed by atoms with Crippen molar-refractivity contribution in [3.05, 3.63) is 45.7 Å². The number of aromatic carboxylic acids is 1. The van der Waals surface area contributed by atoms with Crippen LogP contribution in [0.3, 0.4) is 0 Å². The lowest BCUT2D eigenvalue weighted by Crippen LogP contribution is -2.18. The van der Waals surface area contributed by atoms with Gasteiger partial charge < -0.3 is 10.4 Å². The number of pyridine rings is 1. The standard InChI is InChI=1S/C13H15N3O2S/c1-8-5-16-12(19-8)9(2)14-7-11-4-3-10(6-15-11)13(17)18/h3-6,9,14H,7H2,1-2H3,(H,17,18). The van der Waals surface area contributed by atoms with Crippen molar-refractivity contribution in [3.8, 4) is 0 Å². The Bertz CT molecular complexity index is 566. The lowest BCUT2D eigenvalue weighted by atomic mass is 10.2. The van der Waals surface area contributed by atoms with Crippen LogP contribution in [0.25, 0.3) is 0 Å². The van der Waals surface area contributed by atoms with Gasteiger partial charge in [-0.1, -0.05) is 0 Å². The van der Waals surface area contributed by atoms with E-state index >= 15 is 0 Å². The number of nitrogens with zero attached hydrogens (tertiary/aromatic N) is 2. The quantitative estimate of drug-likeness (QED) is 0.877. The number of hydrogen-bond donors (Lipinski definition) is 2. The molecule has 0 aliphatic carbocycles. The third kappa shape index (κ3) is 3.59. The van der Waals surface area contributed by atoms with E-state index in [-0.39, 0.29) is 11.6 Å². The van der Waals surface area contributed by atoms with Gasteiger partial charge in [0.2, 0.25) is 0 Å². The molecule has 0 saturated heterocycles. The molecule has 0 aliphatic heterocycles. The number of rotatable bonds is 5. The van der Waals surface area contributed by atoms with E-state index in [9.17, 15) is 4.79 Å². The molecule has 0 amide bonds. The topological polar surface area (TPSA) is 75.1 Å². The summed E-state index contributed by atoms with van der Waals surface area (Å²) < 4.78 is 0. The molecule has 0 radical (unpaired) electrons. The van der Waals surface area contributed by atoms with E-state index in [1.807, 2.05) is 20.0 Å². The van der Waals surface area contributed by atoms with Crippen LogP contribution in [0, 0.1) is 6.92 Å². The van der Waals surface area contributed by atoms with Gasteiger partial charge in [-0.3, -0.25) is 4.98 Å². The summed E-state index contributed by atoms with van der Waals surface area (Å²) in [5, 5.41) is 13.1. The van der Waals surface area contributed by atoms with E-state index in [1.54, 1.807) is 23.5 Å². The number of hydrogen-bond acceptors (Lipinski definition) is 5. The fourth-order valence-corrected chi connectivity index (χ4v) is 2.37. The zero-order valence-electron chi connectivity index (χ0n) is 10.8. The molecule has 5 nitrogen and oxygen atoms in total. The molecule has 2 aromatic rings. The van der Waals surface area contributed by atoms with Gasteiger partial charge in [0.15, 0.2) is 0 Å². The van der Waals surface area contributed by atoms with Crippen LogP contribution < -0.4 is 5.32 Å². The van der Waals surface area contributed by atoms with Crippen LogP contribution in [0.2, 0.25) is 0 Å². The van der Waals surface area contributed by atoms with Crippen LogP contribution in [0.15, 0.2) is 24.5 Å². The molecule has 0 fully saturated rings. The van der Waals surface area contributed by atoms with Gasteiger partial charge in [-0.15, -0.1) is 11.3 Å². The van der Waals surface area contributed by atoms with Crippen LogP contribution in [-0.2, 0) is 6.54 Å². The van der Waals surface area contributed by atoms with Crippen molar-refractivity contribution in [1.82, 2.24) is 15.3 Å². The second-order valence-corrected chi connectivity index (χ2v) is 5.52. The Morgan fingerprint density at radius 3 is 2.74 bits per heavy atom. The van der Waals surface area contributed by atoms with Crippen LogP contribution in [0.5, 0.6) is 0 Å². The Hall–Kier alpha value is -1.79. The van der Waals surface area contributed by atoms with Crippen LogP contribution in [-0.4, -0.2) is 21.0 Å². The van der Waals surface area contributed by atoms with Gasteiger partial charge in [-0.2, -0.15) is 0 Å². The fourth-order valence-electron chi connectivity index (χ4n) is 1.57. The fraction of sp³-hybridized carbons (Fsp3) is 0.308. The van der Waals surface area contributed by atoms with E-state index in [4.69, 9.17) is 5.11 Å². The predicted octanol–water partition coefficient (Wildman–Crippen LogP) is 2.40. The summed E-state index contributed by atoms with van der Waals surface area (Å²) >= 11 is 1.67. The van der Waals surface area contributed by atoms with Crippen molar-refractivity contribution in [1.29, 1.82) is 0 Å². The molecule has 0 aliphatic rings. The summed E-state index contributed by atoms with van der Waals surface area (Å²) in [6, 6.07) is 3.43. The van der Waals surface area contributed by atoms with E-state index in [0.717, 1.165) is 10.7 Å². The second-order valence-electron chi connectivity index (χ2n) is 4.26. The number of aryl methyl sites for hydroxylation is 1. The lowest BCUT2D eigenvalue weighted by molar-refractivity contribution is 0.0696. The van der Waals surface area contributed by atoms with E-state index in [0.29, 0.717) is 6.54 Å². The normalized spacial score (nSPS) is 12.3. The van der Waals surface area contributed by atoms with Gasteiger partial charge in [0.1, 0.15) is 5.01 Å². The van der Waals surface area contributed by atoms with Crippen molar-refractivity contribution in [3.63, 3.8) is 0 Å². The minimum atomic E-state index is -0.960. The maximum Gasteiger partial charge on any atom is 0.337 e. The maximum atomic E-state index is 10.7. The molecule has 0 aromatic carbocycles. The average molecular weight is 277 g/mol. The summed E-state index contributed by atoms with van der Waals surface area (Å²) in [7, 11) is 0. The summed E-state index contributed by atoms with van der Waals surface area (Å²) in [5.41, 5.74) is 1.01. The molecule has 2 aromatic heterocycles. The number of nitrogens with one attached hydrogen (secondary N) is 1. The van der Waals surface area contributed by atoms with Gasteiger partial charge in [-0.05, 0) is 26.0 Å². The summed E-state index contributed by atoms with van der Waals surface area (Å²) in [4.78, 5) is 20.3. The third-order valence-electron chi connectivity index (χ3n) is 2.67. The van der Waals surface area contributed by atoms with Gasteiger partial charge in [0.25, 0.3) is 0 Å². The average Bonchev–Trinajstić information content (AvgIpc) is 2.83. The third-order valence-corrected chi connectivity index (χ3v) is 3.77. The molecule has 1 unspecified atom stereocenters. The monoisotopic (exact) mass is 277 g/mol. The number of carboxylic acids is 1. The number of carboxylic acid groups (broad SMARTS) is 1. The lowest BCUT2D eigenvalue weighted by Gasteiger charge is -2.10. The molecule has 19 heavy (non-hydrogen) atoms. The molecule has 100 valence electrons. The first-order valence-electron chi connectivity index (χ1n) is 5.90. The zero-order valence-corrected chi connectivity index (χ0v) is 11.6. The van der Waals surface area contributed by atoms with Crippen molar-refractivity contribution < 1.29 is 9.90 Å². The Morgan fingerprint density at radius 2 is 2.21 bits per heavy atom. The highest BCUT2D eigenvalue weighted by Gasteiger charge is 2.09. The van der Waals surface area contributed by atoms with Gasteiger partial charge in [0.05, 0.1) is 17.3 Å². The SMILES string of the molecule is Cc1cnc(C(C)NCc2ccc(C(=O)O)cn2)s1. The summed E-state index contributed by atoms with van der Waals surface area (Å²) in [6.45, 7) is 4.66. The van der Waals surface area contributed by atoms with Crippen molar-refractivity contribution in [2.24, 2.45) is 0 Å². The largest absolute Gasteiger partial charge is 0.478 e. The molecule has 2 heterocycles. The van der Waals surface area contributed by atoms with Crippen molar-refractivity contribution >= 4 is 17.3 Å². The highest BCUT2D eigenvalue weighted by Crippen LogP contribution is 2.19. The van der Waals surface area contributed by atoms with E-state index < -0.39 is 5.97 Å². The van der Waals surface area contributed by atoms with Crippen LogP contribution in [0.1, 0.15) is 38.9 Å². The number of thiazole rings is 1. The molecular weight excluding hydrogens is 262 g/mol. The summed E-state index contributed by atoms with van der Waals surface area (Å²) in [5.74, 6) is -0.960. The number of aromatic nitrogens is 2. The highest BCUT2D eigenvalue weighted by atomic mass is 32.1. The molecule has 0 saturated carbocycles. The second kappa shape index (κ2) is 5.90. The molecular formula is C13H15N3O2S. The molecule has 0 spiro atoms. The Balaban J connectivity index is 1.93. The van der Waals surface area contributed by atoms with Crippen LogP contribution in [0.4, 0.5) is 0 Å². The smallest absolute Gasteiger partial charge is 0.337 e. The Labute approximate surface area is 115 Å². The van der Waals surface area contributed by atoms with Crippen molar-refractivity contribution in [2.75, 3.05) is 0 Å².